The second-order valence-corrected chi connectivity index (χ2v) is 22.1. The summed E-state index contributed by atoms with van der Waals surface area (Å²) in [5.74, 6) is -9.68. The first-order valence-electron chi connectivity index (χ1n) is 28.1. The number of aliphatic hydroxyl groups is 1. The summed E-state index contributed by atoms with van der Waals surface area (Å²) < 4.78 is 0. The minimum absolute atomic E-state index is 0.0428. The Morgan fingerprint density at radius 3 is 1.67 bits per heavy atom. The Labute approximate surface area is 479 Å². The van der Waals surface area contributed by atoms with Gasteiger partial charge in [0.05, 0.1) is 12.6 Å². The SMILES string of the molecule is CCCCC[C@H](NC(=O)[C@H](Cc1nnn[nH]1)NC(=O)[C@H](CC(C)C)NC(=O)C(C)(C)NC(=O)[C@H](NC(=O)[C@H](CO)NC(=O)[C@@H](C)Cc1ccc(O)cc1)[C@H](C)CC)C(=O)N[C@H](C(=O)N[C@@H](C)C(=O)N[C@@H](CCC(N)=O)C(C)=O)[C@@H](C)CC. The van der Waals surface area contributed by atoms with Gasteiger partial charge in [0.1, 0.15) is 53.6 Å². The van der Waals surface area contributed by atoms with E-state index in [1.54, 1.807) is 60.6 Å². The molecule has 27 nitrogen and oxygen atoms in total. The van der Waals surface area contributed by atoms with Crippen molar-refractivity contribution in [2.45, 2.75) is 208 Å². The van der Waals surface area contributed by atoms with Gasteiger partial charge < -0.3 is 63.8 Å². The molecule has 1 aromatic heterocycles. The Kier molecular flexibility index (Phi) is 29.8. The summed E-state index contributed by atoms with van der Waals surface area (Å²) in [6.45, 7) is 18.7. The summed E-state index contributed by atoms with van der Waals surface area (Å²) in [5.41, 5.74) is 4.24. The Hall–Kier alpha value is -7.58. The lowest BCUT2D eigenvalue weighted by molar-refractivity contribution is -0.138. The van der Waals surface area contributed by atoms with E-state index in [-0.39, 0.29) is 56.0 Å². The Morgan fingerprint density at radius 1 is 0.610 bits per heavy atom. The third kappa shape index (κ3) is 23.9. The normalized spacial score (nSPS) is 15.4. The average molecular weight is 1160 g/mol. The highest BCUT2D eigenvalue weighted by atomic mass is 16.3. The lowest BCUT2D eigenvalue weighted by Gasteiger charge is -2.32. The molecule has 1 aromatic carbocycles. The van der Waals surface area contributed by atoms with E-state index in [1.807, 2.05) is 6.92 Å². The van der Waals surface area contributed by atoms with Crippen LogP contribution in [0.2, 0.25) is 0 Å². The number of H-pyrrole nitrogens is 1. The van der Waals surface area contributed by atoms with Crippen LogP contribution in [0.25, 0.3) is 0 Å². The molecule has 0 saturated carbocycles. The number of aromatic nitrogens is 4. The van der Waals surface area contributed by atoms with Crippen LogP contribution in [0.15, 0.2) is 24.3 Å². The molecule has 0 unspecified atom stereocenters. The van der Waals surface area contributed by atoms with Crippen LogP contribution < -0.4 is 53.6 Å². The van der Waals surface area contributed by atoms with E-state index in [0.717, 1.165) is 12.0 Å². The molecule has 0 aliphatic carbocycles. The van der Waals surface area contributed by atoms with Gasteiger partial charge >= 0.3 is 0 Å². The van der Waals surface area contributed by atoms with E-state index in [0.29, 0.717) is 25.7 Å². The standard InChI is InChI=1S/C55H90N14O13/c1-13-16-17-18-38(48(76)63-44(30(6)14-2)52(80)57-33(9)47(75)58-37(34(10)71)23-24-42(56)73)59-50(78)40(27-43-66-68-69-67-43)60-49(77)39(25-29(4)5)62-54(82)55(11,12)65-53(81)45(31(7)15-3)64-51(79)41(28-70)61-46(74)32(8)26-35-19-21-36(72)22-20-35/h19-22,29-33,37-41,44-45,70,72H,13-18,23-28H2,1-12H3,(H2,56,73)(H,57,80)(H,58,75)(H,59,78)(H,60,77)(H,61,74)(H,62,82)(H,63,76)(H,64,79)(H,65,81)(H,66,67,68,69)/t30-,31+,32-,33-,37-,38-,39-,40-,41-,44-,45+/m0/s1. The quantitative estimate of drug-likeness (QED) is 0.0386. The summed E-state index contributed by atoms with van der Waals surface area (Å²) in [6.07, 6.45) is 2.56. The topological polar surface area (TPSA) is 417 Å². The highest BCUT2D eigenvalue weighted by Gasteiger charge is 2.39. The number of aliphatic hydroxyl groups excluding tert-OH is 1. The number of hydrogen-bond acceptors (Lipinski definition) is 16. The first-order valence-corrected chi connectivity index (χ1v) is 28.1. The van der Waals surface area contributed by atoms with Gasteiger partial charge in [0.2, 0.25) is 59.1 Å². The zero-order valence-electron chi connectivity index (χ0n) is 49.5. The van der Waals surface area contributed by atoms with Crippen LogP contribution in [0.3, 0.4) is 0 Å². The summed E-state index contributed by atoms with van der Waals surface area (Å²) in [7, 11) is 0. The molecule has 10 amide bonds. The Balaban J connectivity index is 2.35. The highest BCUT2D eigenvalue weighted by molar-refractivity contribution is 5.99. The molecule has 0 spiro atoms. The van der Waals surface area contributed by atoms with Crippen LogP contribution in [0.4, 0.5) is 0 Å². The van der Waals surface area contributed by atoms with E-state index in [4.69, 9.17) is 5.73 Å². The average Bonchev–Trinajstić information content (AvgIpc) is 3.96. The maximum atomic E-state index is 14.4. The van der Waals surface area contributed by atoms with E-state index in [9.17, 15) is 63.0 Å². The van der Waals surface area contributed by atoms with Gasteiger partial charge in [-0.15, -0.1) is 5.10 Å². The molecule has 14 N–H and O–H groups in total. The van der Waals surface area contributed by atoms with E-state index in [1.165, 1.54) is 39.8 Å². The molecule has 0 fully saturated rings. The number of nitrogens with two attached hydrogens (primary N) is 1. The Bertz CT molecular complexity index is 2460. The Morgan fingerprint density at radius 2 is 1.15 bits per heavy atom. The van der Waals surface area contributed by atoms with Crippen molar-refractivity contribution in [2.24, 2.45) is 29.4 Å². The number of tetrazole rings is 1. The molecule has 2 aromatic rings. The fourth-order valence-electron chi connectivity index (χ4n) is 8.39. The largest absolute Gasteiger partial charge is 0.508 e. The number of nitrogens with zero attached hydrogens (tertiary/aromatic N) is 3. The number of benzene rings is 1. The van der Waals surface area contributed by atoms with Crippen molar-refractivity contribution in [2.75, 3.05) is 6.61 Å². The number of ketones is 1. The number of rotatable bonds is 37. The van der Waals surface area contributed by atoms with Gasteiger partial charge in [0, 0.05) is 18.8 Å². The molecule has 2 rings (SSSR count). The van der Waals surface area contributed by atoms with E-state index >= 15 is 0 Å². The molecule has 0 bridgehead atoms. The predicted molar refractivity (Wildman–Crippen MR) is 301 cm³/mol. The maximum absolute atomic E-state index is 14.4. The van der Waals surface area contributed by atoms with Crippen molar-refractivity contribution in [1.29, 1.82) is 0 Å². The number of unbranched alkanes of at least 4 members (excludes halogenated alkanes) is 2. The van der Waals surface area contributed by atoms with Gasteiger partial charge in [0.15, 0.2) is 11.6 Å². The van der Waals surface area contributed by atoms with Gasteiger partial charge in [-0.2, -0.15) is 0 Å². The van der Waals surface area contributed by atoms with Gasteiger partial charge in [0.25, 0.3) is 0 Å². The molecule has 27 heteroatoms. The van der Waals surface area contributed by atoms with Crippen LogP contribution in [-0.2, 0) is 65.6 Å². The van der Waals surface area contributed by atoms with Gasteiger partial charge in [-0.1, -0.05) is 99.6 Å². The summed E-state index contributed by atoms with van der Waals surface area (Å²) in [5, 5.41) is 57.1. The molecular weight excluding hydrogens is 1060 g/mol. The molecule has 0 saturated heterocycles. The molecule has 82 heavy (non-hydrogen) atoms. The van der Waals surface area contributed by atoms with Gasteiger partial charge in [-0.3, -0.25) is 52.7 Å². The summed E-state index contributed by atoms with van der Waals surface area (Å²) >= 11 is 0. The number of phenols is 1. The third-order valence-corrected chi connectivity index (χ3v) is 14.0. The van der Waals surface area contributed by atoms with Crippen LogP contribution in [0.1, 0.15) is 152 Å². The van der Waals surface area contributed by atoms with Crippen LogP contribution in [0, 0.1) is 23.7 Å². The lowest BCUT2D eigenvalue weighted by Crippen LogP contribution is -2.64. The molecular formula is C55H90N14O13. The molecule has 0 radical (unpaired) electrons. The number of nitrogens with one attached hydrogen (secondary N) is 10. The number of aromatic hydroxyl groups is 1. The summed E-state index contributed by atoms with van der Waals surface area (Å²) in [4.78, 5) is 148. The number of hydrogen-bond donors (Lipinski definition) is 13. The van der Waals surface area contributed by atoms with E-state index < -0.39 is 143 Å². The van der Waals surface area contributed by atoms with Gasteiger partial charge in [-0.25, -0.2) is 5.10 Å². The number of carbonyl (C=O) groups is 11. The number of phenolic OH excluding ortho intramolecular Hbond substituents is 1. The highest BCUT2D eigenvalue weighted by Crippen LogP contribution is 2.17. The maximum Gasteiger partial charge on any atom is 0.245 e. The predicted octanol–water partition coefficient (Wildman–Crippen LogP) is -0.315. The number of primary amides is 1. The smallest absolute Gasteiger partial charge is 0.245 e. The summed E-state index contributed by atoms with van der Waals surface area (Å²) in [6, 6.07) is -3.89. The molecule has 458 valence electrons. The van der Waals surface area contributed by atoms with Gasteiger partial charge in [-0.05, 0) is 99.3 Å². The zero-order valence-corrected chi connectivity index (χ0v) is 49.5. The third-order valence-electron chi connectivity index (χ3n) is 14.0. The van der Waals surface area contributed by atoms with Crippen molar-refractivity contribution in [3.05, 3.63) is 35.7 Å². The van der Waals surface area contributed by atoms with E-state index in [2.05, 4.69) is 68.5 Å². The van der Waals surface area contributed by atoms with Crippen molar-refractivity contribution in [3.63, 3.8) is 0 Å². The molecule has 11 atom stereocenters. The minimum Gasteiger partial charge on any atom is -0.508 e. The van der Waals surface area contributed by atoms with Crippen LogP contribution in [0.5, 0.6) is 5.75 Å². The molecule has 0 aliphatic heterocycles. The monoisotopic (exact) mass is 1150 g/mol. The molecule has 0 aliphatic rings. The lowest BCUT2D eigenvalue weighted by atomic mass is 9.95. The first kappa shape index (κ1) is 70.5. The fraction of sp³-hybridized carbons (Fsp3) is 0.673. The fourth-order valence-corrected chi connectivity index (χ4v) is 8.39. The van der Waals surface area contributed by atoms with Crippen molar-refractivity contribution < 1.29 is 63.0 Å². The number of Topliss-reactive ketones (excluding diaryl/α,β-unsaturated/α-hetero) is 1. The second-order valence-electron chi connectivity index (χ2n) is 22.1. The van der Waals surface area contributed by atoms with Crippen molar-refractivity contribution in [3.8, 4) is 5.75 Å². The number of amides is 10. The van der Waals surface area contributed by atoms with Crippen molar-refractivity contribution in [1.82, 2.24) is 68.5 Å². The van der Waals surface area contributed by atoms with Crippen LogP contribution in [-0.4, -0.2) is 156 Å². The first-order chi connectivity index (χ1) is 38.5. The van der Waals surface area contributed by atoms with Crippen molar-refractivity contribution >= 4 is 64.9 Å². The molecule has 1 heterocycles. The number of aromatic amines is 1. The number of carbonyl (C=O) groups excluding carboxylic acids is 11. The minimum atomic E-state index is -1.74. The van der Waals surface area contributed by atoms with Crippen LogP contribution >= 0.6 is 0 Å². The zero-order chi connectivity index (χ0) is 62.0. The second kappa shape index (κ2) is 34.6.